The van der Waals surface area contributed by atoms with Gasteiger partial charge in [-0.15, -0.1) is 0 Å². The molecule has 0 saturated carbocycles. The molecule has 438 valence electrons. The van der Waals surface area contributed by atoms with E-state index in [4.69, 9.17) is 23.7 Å². The first-order valence-corrected chi connectivity index (χ1v) is 30.2. The molecule has 3 N–H and O–H groups in total. The fraction of sp³-hybridized carbons (Fsp3) is 0.692. The largest absolute Gasteiger partial charge is 0.479 e. The van der Waals surface area contributed by atoms with E-state index in [0.29, 0.717) is 19.3 Å². The van der Waals surface area contributed by atoms with Gasteiger partial charge >= 0.3 is 23.9 Å². The molecule has 1 heterocycles. The normalized spacial score (nSPS) is 18.7. The lowest BCUT2D eigenvalue weighted by molar-refractivity contribution is -0.301. The molecule has 77 heavy (non-hydrogen) atoms. The number of unbranched alkanes of at least 4 members (excludes halogenated alkanes) is 20. The second kappa shape index (κ2) is 52.3. The summed E-state index contributed by atoms with van der Waals surface area (Å²) in [5.74, 6) is -3.18. The van der Waals surface area contributed by atoms with Gasteiger partial charge < -0.3 is 39.0 Å². The van der Waals surface area contributed by atoms with E-state index in [0.717, 1.165) is 122 Å². The summed E-state index contributed by atoms with van der Waals surface area (Å²) in [6.07, 6.45) is 56.7. The van der Waals surface area contributed by atoms with E-state index in [2.05, 4.69) is 118 Å². The molecule has 12 heteroatoms. The number of esters is 3. The van der Waals surface area contributed by atoms with Gasteiger partial charge in [0, 0.05) is 19.3 Å². The zero-order chi connectivity index (χ0) is 56.1. The van der Waals surface area contributed by atoms with Gasteiger partial charge in [-0.1, -0.05) is 214 Å². The standard InChI is InChI=1S/C65H106O12/c1-4-7-10-13-16-19-21-23-25-27-29-31-33-35-37-40-42-45-48-51-57(66)73-54-56(75-58(67)52-49-46-43-39-18-15-12-9-6-3)55-74-65-63(61(70)60(69)62(77-65)64(71)72)76-59(68)53-50-47-44-41-38-36-34-32-30-28-26-24-22-20-17-14-11-8-5-2/h8,11,16-17,19-20,23-26,29-32,36,38,56,60-63,65,69-70H,4-7,9-10,12-15,18,21-22,27-28,33-35,37,39-55H2,1-3H3,(H,71,72)/b11-8-,19-16-,20-17-,25-23-,26-24-,31-29-,32-30-,38-36-. The number of aliphatic hydroxyl groups excluding tert-OH is 2. The molecule has 6 atom stereocenters. The van der Waals surface area contributed by atoms with E-state index in [1.165, 1.54) is 57.8 Å². The van der Waals surface area contributed by atoms with Crippen molar-refractivity contribution >= 4 is 23.9 Å². The predicted molar refractivity (Wildman–Crippen MR) is 312 cm³/mol. The number of hydrogen-bond donors (Lipinski definition) is 3. The Labute approximate surface area is 466 Å². The first-order chi connectivity index (χ1) is 37.6. The summed E-state index contributed by atoms with van der Waals surface area (Å²) in [5.41, 5.74) is 0. The molecule has 1 rings (SSSR count). The lowest BCUT2D eigenvalue weighted by Crippen LogP contribution is -2.61. The van der Waals surface area contributed by atoms with Crippen LogP contribution in [0.5, 0.6) is 0 Å². The highest BCUT2D eigenvalue weighted by Crippen LogP contribution is 2.26. The number of carbonyl (C=O) groups excluding carboxylic acids is 3. The number of ether oxygens (including phenoxy) is 5. The summed E-state index contributed by atoms with van der Waals surface area (Å²) in [7, 11) is 0. The first-order valence-electron chi connectivity index (χ1n) is 30.2. The summed E-state index contributed by atoms with van der Waals surface area (Å²) in [6.45, 7) is 5.80. The van der Waals surface area contributed by atoms with Crippen LogP contribution in [0.1, 0.15) is 239 Å². The van der Waals surface area contributed by atoms with Crippen molar-refractivity contribution in [2.45, 2.75) is 276 Å². The highest BCUT2D eigenvalue weighted by atomic mass is 16.7. The molecule has 1 saturated heterocycles. The number of aliphatic hydroxyl groups is 2. The highest BCUT2D eigenvalue weighted by Gasteiger charge is 2.50. The average molecular weight is 1080 g/mol. The van der Waals surface area contributed by atoms with Crippen LogP contribution in [0, 0.1) is 0 Å². The molecule has 0 aromatic heterocycles. The van der Waals surface area contributed by atoms with E-state index in [-0.39, 0.29) is 25.9 Å². The van der Waals surface area contributed by atoms with Crippen LogP contribution in [0.4, 0.5) is 0 Å². The molecule has 0 radical (unpaired) electrons. The van der Waals surface area contributed by atoms with E-state index in [1.54, 1.807) is 0 Å². The quantitative estimate of drug-likeness (QED) is 0.0228. The van der Waals surface area contributed by atoms with Crippen LogP contribution in [0.25, 0.3) is 0 Å². The van der Waals surface area contributed by atoms with E-state index in [1.807, 2.05) is 0 Å². The van der Waals surface area contributed by atoms with Crippen LogP contribution in [0.15, 0.2) is 97.2 Å². The number of carboxylic acid groups (broad SMARTS) is 1. The van der Waals surface area contributed by atoms with Crippen molar-refractivity contribution in [3.05, 3.63) is 97.2 Å². The monoisotopic (exact) mass is 1080 g/mol. The zero-order valence-corrected chi connectivity index (χ0v) is 48.2. The molecule has 0 aliphatic carbocycles. The van der Waals surface area contributed by atoms with Crippen LogP contribution in [0.3, 0.4) is 0 Å². The molecule has 0 aromatic rings. The highest BCUT2D eigenvalue weighted by molar-refractivity contribution is 5.74. The smallest absolute Gasteiger partial charge is 0.335 e. The SMILES string of the molecule is CC/C=C\C/C=C\C/C=C\C/C=C\C/C=C\CCCCCC(=O)OC1C(OCC(COC(=O)CCCCCCCC/C=C\C/C=C\C/C=C\CCCCC)OC(=O)CCCCCCCCCCC)OC(C(=O)O)C(O)C1O. The van der Waals surface area contributed by atoms with Crippen LogP contribution >= 0.6 is 0 Å². The maximum absolute atomic E-state index is 13.1. The average Bonchev–Trinajstić information content (AvgIpc) is 3.42. The summed E-state index contributed by atoms with van der Waals surface area (Å²) < 4.78 is 28.4. The summed E-state index contributed by atoms with van der Waals surface area (Å²) in [6, 6.07) is 0. The fourth-order valence-electron chi connectivity index (χ4n) is 8.52. The second-order valence-corrected chi connectivity index (χ2v) is 20.3. The molecule has 0 spiro atoms. The summed E-state index contributed by atoms with van der Waals surface area (Å²) in [5, 5.41) is 31.5. The van der Waals surface area contributed by atoms with Gasteiger partial charge in [0.05, 0.1) is 6.61 Å². The van der Waals surface area contributed by atoms with Crippen molar-refractivity contribution in [1.82, 2.24) is 0 Å². The van der Waals surface area contributed by atoms with Gasteiger partial charge in [0.2, 0.25) is 0 Å². The Bertz CT molecular complexity index is 1710. The molecule has 12 nitrogen and oxygen atoms in total. The maximum Gasteiger partial charge on any atom is 0.335 e. The number of rotatable bonds is 50. The van der Waals surface area contributed by atoms with Gasteiger partial charge in [-0.2, -0.15) is 0 Å². The van der Waals surface area contributed by atoms with Crippen LogP contribution in [-0.4, -0.2) is 89.2 Å². The Morgan fingerprint density at radius 2 is 0.818 bits per heavy atom. The number of carbonyl (C=O) groups is 4. The van der Waals surface area contributed by atoms with Crippen LogP contribution < -0.4 is 0 Å². The van der Waals surface area contributed by atoms with Gasteiger partial charge in [-0.3, -0.25) is 14.4 Å². The first kappa shape index (κ1) is 70.7. The predicted octanol–water partition coefficient (Wildman–Crippen LogP) is 15.7. The van der Waals surface area contributed by atoms with Gasteiger partial charge in [0.25, 0.3) is 0 Å². The Hall–Kier alpha value is -4.36. The van der Waals surface area contributed by atoms with Gasteiger partial charge in [-0.25, -0.2) is 4.79 Å². The third-order valence-electron chi connectivity index (χ3n) is 13.1. The molecule has 0 amide bonds. The van der Waals surface area contributed by atoms with Crippen molar-refractivity contribution in [2.75, 3.05) is 13.2 Å². The third kappa shape index (κ3) is 42.3. The van der Waals surface area contributed by atoms with Gasteiger partial charge in [0.15, 0.2) is 24.6 Å². The minimum atomic E-state index is -1.92. The molecule has 1 fully saturated rings. The second-order valence-electron chi connectivity index (χ2n) is 20.3. The van der Waals surface area contributed by atoms with E-state index in [9.17, 15) is 34.5 Å². The minimum absolute atomic E-state index is 0.0168. The fourth-order valence-corrected chi connectivity index (χ4v) is 8.52. The van der Waals surface area contributed by atoms with Gasteiger partial charge in [0.1, 0.15) is 18.8 Å². The zero-order valence-electron chi connectivity index (χ0n) is 48.2. The van der Waals surface area contributed by atoms with Crippen molar-refractivity contribution in [3.8, 4) is 0 Å². The molecule has 0 aromatic carbocycles. The minimum Gasteiger partial charge on any atom is -0.479 e. The van der Waals surface area contributed by atoms with Crippen molar-refractivity contribution in [3.63, 3.8) is 0 Å². The maximum atomic E-state index is 13.1. The number of aliphatic carboxylic acids is 1. The molecule has 1 aliphatic rings. The molecular weight excluding hydrogens is 973 g/mol. The van der Waals surface area contributed by atoms with Gasteiger partial charge in [-0.05, 0) is 103 Å². The number of carboxylic acids is 1. The third-order valence-corrected chi connectivity index (χ3v) is 13.1. The number of allylic oxidation sites excluding steroid dienone is 16. The Kier molecular flexibility index (Phi) is 48.0. The Balaban J connectivity index is 2.66. The molecule has 6 unspecified atom stereocenters. The van der Waals surface area contributed by atoms with E-state index < -0.39 is 67.3 Å². The van der Waals surface area contributed by atoms with E-state index >= 15 is 0 Å². The topological polar surface area (TPSA) is 175 Å². The van der Waals surface area contributed by atoms with Crippen LogP contribution in [0.2, 0.25) is 0 Å². The molecular formula is C65H106O12. The number of hydrogen-bond acceptors (Lipinski definition) is 11. The van der Waals surface area contributed by atoms with Crippen molar-refractivity contribution in [1.29, 1.82) is 0 Å². The Morgan fingerprint density at radius 1 is 0.442 bits per heavy atom. The summed E-state index contributed by atoms with van der Waals surface area (Å²) >= 11 is 0. The lowest BCUT2D eigenvalue weighted by Gasteiger charge is -2.40. The lowest BCUT2D eigenvalue weighted by atomic mass is 9.98. The molecule has 0 bridgehead atoms. The van der Waals surface area contributed by atoms with Crippen molar-refractivity contribution in [2.24, 2.45) is 0 Å². The van der Waals surface area contributed by atoms with Crippen LogP contribution in [-0.2, 0) is 42.9 Å². The van der Waals surface area contributed by atoms with Crippen molar-refractivity contribution < 1.29 is 58.2 Å². The summed E-state index contributed by atoms with van der Waals surface area (Å²) in [4.78, 5) is 51.1. The Morgan fingerprint density at radius 3 is 1.29 bits per heavy atom. The molecule has 1 aliphatic heterocycles.